The van der Waals surface area contributed by atoms with Gasteiger partial charge in [0, 0.05) is 24.3 Å². The first-order chi connectivity index (χ1) is 13.9. The van der Waals surface area contributed by atoms with Gasteiger partial charge in [-0.2, -0.15) is 5.10 Å². The monoisotopic (exact) mass is 432 g/mol. The summed E-state index contributed by atoms with van der Waals surface area (Å²) in [6.07, 6.45) is 3.04. The highest BCUT2D eigenvalue weighted by atomic mass is 35.5. The van der Waals surface area contributed by atoms with E-state index in [0.29, 0.717) is 17.1 Å². The van der Waals surface area contributed by atoms with E-state index < -0.39 is 10.0 Å². The molecule has 0 fully saturated rings. The van der Waals surface area contributed by atoms with Crippen molar-refractivity contribution in [3.8, 4) is 0 Å². The number of sulfonamides is 1. The number of nitrogens with one attached hydrogen (secondary N) is 2. The van der Waals surface area contributed by atoms with Crippen molar-refractivity contribution < 1.29 is 13.2 Å². The zero-order valence-corrected chi connectivity index (χ0v) is 17.2. The molecule has 0 radical (unpaired) electrons. The van der Waals surface area contributed by atoms with Gasteiger partial charge in [-0.1, -0.05) is 60.1 Å². The molecular weight excluding hydrogens is 412 g/mol. The van der Waals surface area contributed by atoms with Gasteiger partial charge in [-0.15, -0.1) is 0 Å². The first kappa shape index (κ1) is 21.0. The first-order valence-corrected chi connectivity index (χ1v) is 11.0. The summed E-state index contributed by atoms with van der Waals surface area (Å²) >= 11 is 6.14. The average Bonchev–Trinajstić information content (AvgIpc) is 3.18. The number of carbonyl (C=O) groups is 1. The van der Waals surface area contributed by atoms with Crippen molar-refractivity contribution in [2.75, 3.05) is 12.3 Å². The van der Waals surface area contributed by atoms with E-state index >= 15 is 0 Å². The highest BCUT2D eigenvalue weighted by Gasteiger charge is 2.13. The van der Waals surface area contributed by atoms with Crippen LogP contribution in [-0.4, -0.2) is 36.4 Å². The topological polar surface area (TPSA) is 93.1 Å². The predicted molar refractivity (Wildman–Crippen MR) is 112 cm³/mol. The van der Waals surface area contributed by atoms with Crippen molar-refractivity contribution in [1.29, 1.82) is 0 Å². The zero-order valence-electron chi connectivity index (χ0n) is 15.6. The Balaban J connectivity index is 1.47. The van der Waals surface area contributed by atoms with Crippen molar-refractivity contribution in [3.63, 3.8) is 0 Å². The lowest BCUT2D eigenvalue weighted by Crippen LogP contribution is -2.34. The Morgan fingerprint density at radius 2 is 1.79 bits per heavy atom. The third-order valence-electron chi connectivity index (χ3n) is 4.18. The van der Waals surface area contributed by atoms with Crippen LogP contribution in [0.25, 0.3) is 0 Å². The Morgan fingerprint density at radius 3 is 2.55 bits per heavy atom. The second kappa shape index (κ2) is 9.69. The number of hydrogen-bond donors (Lipinski definition) is 2. The van der Waals surface area contributed by atoms with Crippen LogP contribution in [0.3, 0.4) is 0 Å². The Kier molecular flexibility index (Phi) is 7.03. The maximum Gasteiger partial charge on any atom is 0.254 e. The van der Waals surface area contributed by atoms with Crippen molar-refractivity contribution in [2.45, 2.75) is 13.1 Å². The lowest BCUT2D eigenvalue weighted by Gasteiger charge is -2.07. The first-order valence-electron chi connectivity index (χ1n) is 8.98. The normalized spacial score (nSPS) is 11.3. The van der Waals surface area contributed by atoms with Crippen LogP contribution in [0.2, 0.25) is 5.02 Å². The molecule has 3 rings (SSSR count). The molecule has 0 unspecified atom stereocenters. The van der Waals surface area contributed by atoms with Crippen molar-refractivity contribution >= 4 is 27.5 Å². The van der Waals surface area contributed by atoms with Crippen LogP contribution in [0.4, 0.5) is 0 Å². The molecule has 0 aliphatic rings. The van der Waals surface area contributed by atoms with E-state index in [2.05, 4.69) is 15.1 Å². The summed E-state index contributed by atoms with van der Waals surface area (Å²) in [5.41, 5.74) is 2.11. The van der Waals surface area contributed by atoms with Gasteiger partial charge in [-0.05, 0) is 17.2 Å². The quantitative estimate of drug-likeness (QED) is 0.543. The van der Waals surface area contributed by atoms with E-state index in [4.69, 9.17) is 11.6 Å². The summed E-state index contributed by atoms with van der Waals surface area (Å²) in [5.74, 6) is -0.590. The smallest absolute Gasteiger partial charge is 0.254 e. The summed E-state index contributed by atoms with van der Waals surface area (Å²) in [6.45, 7) is 0.648. The van der Waals surface area contributed by atoms with Crippen LogP contribution in [0.5, 0.6) is 0 Å². The number of amides is 1. The summed E-state index contributed by atoms with van der Waals surface area (Å²) in [7, 11) is -3.50. The number of rotatable bonds is 9. The van der Waals surface area contributed by atoms with Crippen molar-refractivity contribution in [1.82, 2.24) is 19.8 Å². The van der Waals surface area contributed by atoms with Gasteiger partial charge in [-0.3, -0.25) is 9.48 Å². The number of halogens is 1. The van der Waals surface area contributed by atoms with Gasteiger partial charge < -0.3 is 5.32 Å². The number of nitrogens with zero attached hydrogens (tertiary/aromatic N) is 2. The molecular formula is C20H21ClN4O3S. The standard InChI is InChI=1S/C20H21ClN4O3S/c21-19-9-5-4-8-17(19)14-25-15-18(13-23-25)20(26)22-10-11-29(27,28)24-12-16-6-2-1-3-7-16/h1-9,13,15,24H,10-12,14H2,(H,22,26). The average molecular weight is 433 g/mol. The summed E-state index contributed by atoms with van der Waals surface area (Å²) in [4.78, 5) is 12.2. The fraction of sp³-hybridized carbons (Fsp3) is 0.200. The molecule has 1 amide bonds. The van der Waals surface area contributed by atoms with Crippen LogP contribution in [0, 0.1) is 0 Å². The molecule has 0 aliphatic heterocycles. The lowest BCUT2D eigenvalue weighted by molar-refractivity contribution is 0.0956. The summed E-state index contributed by atoms with van der Waals surface area (Å²) in [5, 5.41) is 7.39. The highest BCUT2D eigenvalue weighted by Crippen LogP contribution is 2.16. The predicted octanol–water partition coefficient (Wildman–Crippen LogP) is 2.43. The molecule has 9 heteroatoms. The molecule has 0 atom stereocenters. The number of hydrogen-bond acceptors (Lipinski definition) is 4. The van der Waals surface area contributed by atoms with E-state index in [9.17, 15) is 13.2 Å². The molecule has 1 aromatic heterocycles. The van der Waals surface area contributed by atoms with Crippen molar-refractivity contribution in [2.24, 2.45) is 0 Å². The molecule has 2 N–H and O–H groups in total. The Labute approximate surface area is 174 Å². The van der Waals surface area contributed by atoms with Crippen LogP contribution < -0.4 is 10.0 Å². The number of carbonyl (C=O) groups excluding carboxylic acids is 1. The molecule has 1 heterocycles. The molecule has 0 aliphatic carbocycles. The maximum atomic E-state index is 12.2. The SMILES string of the molecule is O=C(NCCS(=O)(=O)NCc1ccccc1)c1cnn(Cc2ccccc2Cl)c1. The van der Waals surface area contributed by atoms with E-state index in [1.165, 1.54) is 6.20 Å². The molecule has 7 nitrogen and oxygen atoms in total. The molecule has 3 aromatic rings. The fourth-order valence-electron chi connectivity index (χ4n) is 2.63. The minimum Gasteiger partial charge on any atom is -0.351 e. The lowest BCUT2D eigenvalue weighted by atomic mass is 10.2. The zero-order chi connectivity index (χ0) is 20.7. The fourth-order valence-corrected chi connectivity index (χ4v) is 3.73. The van der Waals surface area contributed by atoms with Gasteiger partial charge >= 0.3 is 0 Å². The maximum absolute atomic E-state index is 12.2. The molecule has 29 heavy (non-hydrogen) atoms. The Hall–Kier alpha value is -2.68. The van der Waals surface area contributed by atoms with Crippen LogP contribution in [-0.2, 0) is 23.1 Å². The summed E-state index contributed by atoms with van der Waals surface area (Å²) in [6, 6.07) is 16.6. The third-order valence-corrected chi connectivity index (χ3v) is 5.88. The second-order valence-corrected chi connectivity index (χ2v) is 8.73. The second-order valence-electron chi connectivity index (χ2n) is 6.40. The molecule has 0 bridgehead atoms. The largest absolute Gasteiger partial charge is 0.351 e. The number of aromatic nitrogens is 2. The van der Waals surface area contributed by atoms with E-state index in [0.717, 1.165) is 11.1 Å². The van der Waals surface area contributed by atoms with Crippen LogP contribution >= 0.6 is 11.6 Å². The van der Waals surface area contributed by atoms with Gasteiger partial charge in [0.2, 0.25) is 10.0 Å². The Morgan fingerprint density at radius 1 is 1.07 bits per heavy atom. The van der Waals surface area contributed by atoms with Crippen molar-refractivity contribution in [3.05, 3.63) is 88.7 Å². The van der Waals surface area contributed by atoms with E-state index in [1.54, 1.807) is 16.9 Å². The van der Waals surface area contributed by atoms with Crippen LogP contribution in [0.1, 0.15) is 21.5 Å². The third kappa shape index (κ3) is 6.42. The minimum absolute atomic E-state index is 0.00134. The summed E-state index contributed by atoms with van der Waals surface area (Å²) < 4.78 is 28.3. The molecule has 0 saturated carbocycles. The molecule has 0 saturated heterocycles. The van der Waals surface area contributed by atoms with E-state index in [1.807, 2.05) is 48.5 Å². The van der Waals surface area contributed by atoms with Gasteiger partial charge in [0.25, 0.3) is 5.91 Å². The van der Waals surface area contributed by atoms with Crippen LogP contribution in [0.15, 0.2) is 67.0 Å². The minimum atomic E-state index is -3.50. The molecule has 0 spiro atoms. The van der Waals surface area contributed by atoms with Gasteiger partial charge in [0.05, 0.1) is 24.1 Å². The molecule has 2 aromatic carbocycles. The van der Waals surface area contributed by atoms with Gasteiger partial charge in [0.1, 0.15) is 0 Å². The van der Waals surface area contributed by atoms with Gasteiger partial charge in [-0.25, -0.2) is 13.1 Å². The van der Waals surface area contributed by atoms with E-state index in [-0.39, 0.29) is 24.7 Å². The number of benzene rings is 2. The highest BCUT2D eigenvalue weighted by molar-refractivity contribution is 7.89. The molecule has 152 valence electrons. The van der Waals surface area contributed by atoms with Gasteiger partial charge in [0.15, 0.2) is 0 Å². The Bertz CT molecular complexity index is 1070.